The number of piperidine rings is 1. The van der Waals surface area contributed by atoms with E-state index in [9.17, 15) is 0 Å². The van der Waals surface area contributed by atoms with Crippen LogP contribution in [0.15, 0.2) is 16.6 Å². The molecule has 0 aromatic heterocycles. The maximum Gasteiger partial charge on any atom is 0.0237 e. The Bertz CT molecular complexity index is 452. The van der Waals surface area contributed by atoms with Gasteiger partial charge < -0.3 is 5.32 Å². The highest BCUT2D eigenvalue weighted by atomic mass is 79.9. The molecule has 1 saturated heterocycles. The summed E-state index contributed by atoms with van der Waals surface area (Å²) in [5.41, 5.74) is 4.43. The zero-order chi connectivity index (χ0) is 13.2. The Labute approximate surface area is 124 Å². The number of aryl methyl sites for hydroxylation is 1. The minimum absolute atomic E-state index is 0.851. The van der Waals surface area contributed by atoms with Crippen LogP contribution in [0.4, 0.5) is 0 Å². The molecule has 1 aromatic rings. The molecule has 2 heterocycles. The molecule has 1 fully saturated rings. The van der Waals surface area contributed by atoms with E-state index in [1.54, 1.807) is 0 Å². The van der Waals surface area contributed by atoms with Gasteiger partial charge >= 0.3 is 0 Å². The molecule has 3 heteroatoms. The molecule has 0 aliphatic carbocycles. The average molecular weight is 323 g/mol. The maximum absolute atomic E-state index is 3.72. The highest BCUT2D eigenvalue weighted by Gasteiger charge is 2.22. The number of halogens is 1. The molecular formula is C16H23BrN2. The van der Waals surface area contributed by atoms with Crippen LogP contribution in [0.2, 0.25) is 0 Å². The van der Waals surface area contributed by atoms with Crippen LogP contribution in [-0.4, -0.2) is 31.1 Å². The molecule has 0 radical (unpaired) electrons. The van der Waals surface area contributed by atoms with Gasteiger partial charge in [-0.25, -0.2) is 0 Å². The van der Waals surface area contributed by atoms with Crippen LogP contribution < -0.4 is 5.32 Å². The van der Waals surface area contributed by atoms with E-state index in [1.807, 2.05) is 0 Å². The van der Waals surface area contributed by atoms with Crippen LogP contribution in [0.25, 0.3) is 0 Å². The molecule has 104 valence electrons. The van der Waals surface area contributed by atoms with Gasteiger partial charge in [0.2, 0.25) is 0 Å². The smallest absolute Gasteiger partial charge is 0.0237 e. The van der Waals surface area contributed by atoms with Crippen molar-refractivity contribution in [2.24, 2.45) is 5.92 Å². The van der Waals surface area contributed by atoms with Crippen molar-refractivity contribution in [1.29, 1.82) is 0 Å². The number of nitrogens with zero attached hydrogens (tertiary/aromatic N) is 1. The molecule has 2 aliphatic rings. The van der Waals surface area contributed by atoms with Gasteiger partial charge in [-0.1, -0.05) is 22.0 Å². The molecule has 1 unspecified atom stereocenters. The lowest BCUT2D eigenvalue weighted by atomic mass is 9.94. The highest BCUT2D eigenvalue weighted by Crippen LogP contribution is 2.28. The second kappa shape index (κ2) is 5.94. The maximum atomic E-state index is 3.72. The van der Waals surface area contributed by atoms with E-state index in [-0.39, 0.29) is 0 Å². The molecule has 2 nitrogen and oxygen atoms in total. The Balaban J connectivity index is 1.67. The quantitative estimate of drug-likeness (QED) is 0.900. The fourth-order valence-electron chi connectivity index (χ4n) is 3.46. The van der Waals surface area contributed by atoms with Crippen molar-refractivity contribution in [2.75, 3.05) is 26.2 Å². The van der Waals surface area contributed by atoms with Crippen molar-refractivity contribution >= 4 is 15.9 Å². The third-order valence-corrected chi connectivity index (χ3v) is 5.13. The summed E-state index contributed by atoms with van der Waals surface area (Å²) in [5, 5.41) is 3.53. The molecule has 1 N–H and O–H groups in total. The minimum atomic E-state index is 0.851. The normalized spacial score (nSPS) is 24.2. The molecule has 0 bridgehead atoms. The van der Waals surface area contributed by atoms with E-state index < -0.39 is 0 Å². The lowest BCUT2D eigenvalue weighted by Crippen LogP contribution is -2.40. The number of nitrogens with one attached hydrogen (secondary N) is 1. The Morgan fingerprint density at radius 3 is 3.11 bits per heavy atom. The first-order valence-corrected chi connectivity index (χ1v) is 8.22. The largest absolute Gasteiger partial charge is 0.316 e. The summed E-state index contributed by atoms with van der Waals surface area (Å²) in [7, 11) is 0. The summed E-state index contributed by atoms with van der Waals surface area (Å²) >= 11 is 3.72. The molecule has 1 atom stereocenters. The van der Waals surface area contributed by atoms with Gasteiger partial charge in [-0.2, -0.15) is 0 Å². The standard InChI is InChI=1S/C16H23BrN2/c1-12-7-14-11-19(6-4-15(14)16(17)8-12)10-13-3-2-5-18-9-13/h7-8,13,18H,2-6,9-11H2,1H3. The number of hydrogen-bond acceptors (Lipinski definition) is 2. The van der Waals surface area contributed by atoms with Gasteiger partial charge in [-0.05, 0) is 68.0 Å². The Morgan fingerprint density at radius 2 is 2.32 bits per heavy atom. The highest BCUT2D eigenvalue weighted by molar-refractivity contribution is 9.10. The zero-order valence-corrected chi connectivity index (χ0v) is 13.3. The number of rotatable bonds is 2. The van der Waals surface area contributed by atoms with Crippen molar-refractivity contribution in [3.63, 3.8) is 0 Å². The van der Waals surface area contributed by atoms with Gasteiger partial charge in [-0.3, -0.25) is 4.90 Å². The van der Waals surface area contributed by atoms with Gasteiger partial charge in [0.1, 0.15) is 0 Å². The van der Waals surface area contributed by atoms with Gasteiger partial charge in [0.25, 0.3) is 0 Å². The summed E-state index contributed by atoms with van der Waals surface area (Å²) in [5.74, 6) is 0.851. The SMILES string of the molecule is Cc1cc(Br)c2c(c1)CN(CC1CCCNC1)CC2. The van der Waals surface area contributed by atoms with Crippen LogP contribution in [0, 0.1) is 12.8 Å². The van der Waals surface area contributed by atoms with Crippen LogP contribution in [0.5, 0.6) is 0 Å². The lowest BCUT2D eigenvalue weighted by Gasteiger charge is -2.34. The molecule has 0 saturated carbocycles. The van der Waals surface area contributed by atoms with Crippen molar-refractivity contribution in [2.45, 2.75) is 32.7 Å². The van der Waals surface area contributed by atoms with Crippen LogP contribution >= 0.6 is 15.9 Å². The van der Waals surface area contributed by atoms with E-state index >= 15 is 0 Å². The van der Waals surface area contributed by atoms with Crippen molar-refractivity contribution in [1.82, 2.24) is 10.2 Å². The lowest BCUT2D eigenvalue weighted by molar-refractivity contribution is 0.193. The van der Waals surface area contributed by atoms with Gasteiger partial charge in [0.15, 0.2) is 0 Å². The van der Waals surface area contributed by atoms with Gasteiger partial charge in [0.05, 0.1) is 0 Å². The molecular weight excluding hydrogens is 300 g/mol. The third-order valence-electron chi connectivity index (χ3n) is 4.42. The Kier molecular flexibility index (Phi) is 4.25. The third kappa shape index (κ3) is 3.21. The summed E-state index contributed by atoms with van der Waals surface area (Å²) in [6, 6.07) is 4.62. The van der Waals surface area contributed by atoms with E-state index in [0.29, 0.717) is 0 Å². The minimum Gasteiger partial charge on any atom is -0.316 e. The second-order valence-electron chi connectivity index (χ2n) is 6.08. The number of benzene rings is 1. The van der Waals surface area contributed by atoms with E-state index in [2.05, 4.69) is 45.2 Å². The van der Waals surface area contributed by atoms with E-state index in [0.717, 1.165) is 12.5 Å². The molecule has 0 amide bonds. The second-order valence-corrected chi connectivity index (χ2v) is 6.94. The first kappa shape index (κ1) is 13.6. The molecule has 19 heavy (non-hydrogen) atoms. The molecule has 2 aliphatic heterocycles. The van der Waals surface area contributed by atoms with Crippen LogP contribution in [0.3, 0.4) is 0 Å². The predicted octanol–water partition coefficient (Wildman–Crippen LogP) is 3.12. The molecule has 1 aromatic carbocycles. The predicted molar refractivity (Wildman–Crippen MR) is 83.5 cm³/mol. The van der Waals surface area contributed by atoms with Crippen molar-refractivity contribution in [3.8, 4) is 0 Å². The summed E-state index contributed by atoms with van der Waals surface area (Å²) < 4.78 is 1.31. The Hall–Kier alpha value is -0.380. The number of hydrogen-bond donors (Lipinski definition) is 1. The van der Waals surface area contributed by atoms with Gasteiger partial charge in [0, 0.05) is 24.1 Å². The van der Waals surface area contributed by atoms with Crippen molar-refractivity contribution < 1.29 is 0 Å². The summed E-state index contributed by atoms with van der Waals surface area (Å²) in [6.07, 6.45) is 3.93. The Morgan fingerprint density at radius 1 is 1.42 bits per heavy atom. The van der Waals surface area contributed by atoms with Crippen LogP contribution in [0.1, 0.15) is 29.5 Å². The first-order chi connectivity index (χ1) is 9.22. The topological polar surface area (TPSA) is 15.3 Å². The van der Waals surface area contributed by atoms with E-state index in [1.165, 1.54) is 66.6 Å². The molecule has 3 rings (SSSR count). The van der Waals surface area contributed by atoms with Crippen LogP contribution in [-0.2, 0) is 13.0 Å². The fourth-order valence-corrected chi connectivity index (χ4v) is 4.27. The van der Waals surface area contributed by atoms with Crippen molar-refractivity contribution in [3.05, 3.63) is 33.3 Å². The average Bonchev–Trinajstić information content (AvgIpc) is 2.39. The summed E-state index contributed by atoms with van der Waals surface area (Å²) in [6.45, 7) is 8.22. The zero-order valence-electron chi connectivity index (χ0n) is 11.7. The van der Waals surface area contributed by atoms with E-state index in [4.69, 9.17) is 0 Å². The summed E-state index contributed by atoms with van der Waals surface area (Å²) in [4.78, 5) is 2.64. The first-order valence-electron chi connectivity index (χ1n) is 7.43. The fraction of sp³-hybridized carbons (Fsp3) is 0.625. The number of fused-ring (bicyclic) bond motifs is 1. The van der Waals surface area contributed by atoms with Gasteiger partial charge in [-0.15, -0.1) is 0 Å². The monoisotopic (exact) mass is 322 g/mol. The molecule has 0 spiro atoms.